The molecule has 0 unspecified atom stereocenters. The number of carbonyl (C=O) groups excluding carboxylic acids is 1. The number of hydrazone groups is 1. The predicted molar refractivity (Wildman–Crippen MR) is 96.1 cm³/mol. The summed E-state index contributed by atoms with van der Waals surface area (Å²) in [7, 11) is 4.05. The summed E-state index contributed by atoms with van der Waals surface area (Å²) in [4.78, 5) is 15.5. The van der Waals surface area contributed by atoms with Gasteiger partial charge in [-0.25, -0.2) is 5.01 Å². The average molecular weight is 327 g/mol. The predicted octanol–water partition coefficient (Wildman–Crippen LogP) is 3.90. The van der Waals surface area contributed by atoms with Crippen LogP contribution in [0.4, 0.5) is 5.69 Å². The zero-order chi connectivity index (χ0) is 16.4. The Labute approximate surface area is 141 Å². The van der Waals surface area contributed by atoms with Crippen LogP contribution in [0.25, 0.3) is 0 Å². The Hall–Kier alpha value is -2.14. The molecule has 1 aromatic carbocycles. The summed E-state index contributed by atoms with van der Waals surface area (Å²) >= 11 is 1.67. The minimum atomic E-state index is -0.00392. The number of hydrogen-bond donors (Lipinski definition) is 0. The Morgan fingerprint density at radius 1 is 1.30 bits per heavy atom. The lowest BCUT2D eigenvalue weighted by Crippen LogP contribution is -2.26. The van der Waals surface area contributed by atoms with Crippen LogP contribution in [0.15, 0.2) is 46.9 Å². The van der Waals surface area contributed by atoms with Crippen molar-refractivity contribution in [3.63, 3.8) is 0 Å². The fraction of sp³-hybridized carbons (Fsp3) is 0.333. The molecule has 0 aliphatic carbocycles. The fourth-order valence-corrected chi connectivity index (χ4v) is 3.47. The van der Waals surface area contributed by atoms with E-state index in [1.807, 2.05) is 32.5 Å². The lowest BCUT2D eigenvalue weighted by molar-refractivity contribution is -0.132. The number of thiophene rings is 1. The van der Waals surface area contributed by atoms with Crippen LogP contribution < -0.4 is 4.90 Å². The van der Waals surface area contributed by atoms with Gasteiger partial charge in [-0.2, -0.15) is 5.10 Å². The Morgan fingerprint density at radius 2 is 2.04 bits per heavy atom. The van der Waals surface area contributed by atoms with Crippen molar-refractivity contribution in [2.45, 2.75) is 25.8 Å². The van der Waals surface area contributed by atoms with Crippen molar-refractivity contribution in [1.29, 1.82) is 0 Å². The van der Waals surface area contributed by atoms with Crippen molar-refractivity contribution in [3.05, 3.63) is 52.2 Å². The summed E-state index contributed by atoms with van der Waals surface area (Å²) in [6.07, 6.45) is 1.24. The summed E-state index contributed by atoms with van der Waals surface area (Å²) in [5, 5.41) is 8.33. The van der Waals surface area contributed by atoms with E-state index in [-0.39, 0.29) is 11.9 Å². The number of anilines is 1. The van der Waals surface area contributed by atoms with Gasteiger partial charge in [0, 0.05) is 32.6 Å². The Morgan fingerprint density at radius 3 is 2.61 bits per heavy atom. The number of nitrogens with zero attached hydrogens (tertiary/aromatic N) is 3. The molecule has 2 aromatic rings. The smallest absolute Gasteiger partial charge is 0.242 e. The molecule has 0 spiro atoms. The molecule has 23 heavy (non-hydrogen) atoms. The van der Waals surface area contributed by atoms with Crippen molar-refractivity contribution in [3.8, 4) is 0 Å². The summed E-state index contributed by atoms with van der Waals surface area (Å²) in [5.41, 5.74) is 3.29. The second kappa shape index (κ2) is 6.54. The quantitative estimate of drug-likeness (QED) is 0.854. The van der Waals surface area contributed by atoms with E-state index in [9.17, 15) is 4.79 Å². The first kappa shape index (κ1) is 15.7. The number of benzene rings is 1. The molecule has 5 heteroatoms. The maximum absolute atomic E-state index is 12.3. The molecule has 120 valence electrons. The van der Waals surface area contributed by atoms with Crippen molar-refractivity contribution in [2.24, 2.45) is 5.10 Å². The van der Waals surface area contributed by atoms with E-state index in [4.69, 9.17) is 0 Å². The van der Waals surface area contributed by atoms with Crippen LogP contribution >= 0.6 is 11.3 Å². The minimum absolute atomic E-state index is 0.00392. The fourth-order valence-electron chi connectivity index (χ4n) is 2.75. The minimum Gasteiger partial charge on any atom is -0.378 e. The van der Waals surface area contributed by atoms with Gasteiger partial charge in [-0.05, 0) is 29.1 Å². The Balaban J connectivity index is 1.90. The van der Waals surface area contributed by atoms with E-state index in [0.717, 1.165) is 28.3 Å². The standard InChI is InChI=1S/C18H21N3OS/c1-4-18(22)21-16(12-15(19-21)17-6-5-11-23-17)13-7-9-14(10-8-13)20(2)3/h5-11,16H,4,12H2,1-3H3/t16-/m1/s1. The third kappa shape index (κ3) is 3.15. The summed E-state index contributed by atoms with van der Waals surface area (Å²) < 4.78 is 0. The van der Waals surface area contributed by atoms with Crippen molar-refractivity contribution in [1.82, 2.24) is 5.01 Å². The molecule has 1 aromatic heterocycles. The lowest BCUT2D eigenvalue weighted by atomic mass is 10.0. The van der Waals surface area contributed by atoms with E-state index >= 15 is 0 Å². The van der Waals surface area contributed by atoms with E-state index < -0.39 is 0 Å². The number of amides is 1. The molecule has 1 atom stereocenters. The van der Waals surface area contributed by atoms with Gasteiger partial charge in [0.25, 0.3) is 0 Å². The highest BCUT2D eigenvalue weighted by atomic mass is 32.1. The molecule has 0 saturated carbocycles. The lowest BCUT2D eigenvalue weighted by Gasteiger charge is -2.22. The van der Waals surface area contributed by atoms with Crippen LogP contribution in [0, 0.1) is 0 Å². The van der Waals surface area contributed by atoms with Crippen LogP contribution in [0.5, 0.6) is 0 Å². The first-order valence-electron chi connectivity index (χ1n) is 7.81. The molecular weight excluding hydrogens is 306 g/mol. The third-order valence-corrected chi connectivity index (χ3v) is 4.99. The molecule has 1 amide bonds. The van der Waals surface area contributed by atoms with Crippen LogP contribution in [0.2, 0.25) is 0 Å². The van der Waals surface area contributed by atoms with Gasteiger partial charge in [0.05, 0.1) is 16.6 Å². The van der Waals surface area contributed by atoms with Gasteiger partial charge >= 0.3 is 0 Å². The Kier molecular flexibility index (Phi) is 4.48. The highest BCUT2D eigenvalue weighted by Gasteiger charge is 2.32. The van der Waals surface area contributed by atoms with Crippen LogP contribution in [0.3, 0.4) is 0 Å². The van der Waals surface area contributed by atoms with Crippen LogP contribution in [0.1, 0.15) is 36.2 Å². The highest BCUT2D eigenvalue weighted by molar-refractivity contribution is 7.12. The van der Waals surface area contributed by atoms with E-state index in [2.05, 4.69) is 40.3 Å². The zero-order valence-electron chi connectivity index (χ0n) is 13.7. The first-order valence-corrected chi connectivity index (χ1v) is 8.68. The van der Waals surface area contributed by atoms with Gasteiger partial charge < -0.3 is 4.90 Å². The largest absolute Gasteiger partial charge is 0.378 e. The van der Waals surface area contributed by atoms with Crippen molar-refractivity contribution in [2.75, 3.05) is 19.0 Å². The molecule has 0 radical (unpaired) electrons. The first-order chi connectivity index (χ1) is 11.1. The van der Waals surface area contributed by atoms with Crippen molar-refractivity contribution < 1.29 is 4.79 Å². The van der Waals surface area contributed by atoms with Gasteiger partial charge in [-0.3, -0.25) is 4.79 Å². The summed E-state index contributed by atoms with van der Waals surface area (Å²) in [6.45, 7) is 1.88. The average Bonchev–Trinajstić information content (AvgIpc) is 3.23. The molecule has 0 N–H and O–H groups in total. The molecular formula is C18H21N3OS. The number of carbonyl (C=O) groups is 1. The van der Waals surface area contributed by atoms with Gasteiger partial charge in [0.15, 0.2) is 0 Å². The Bertz CT molecular complexity index is 704. The molecule has 2 heterocycles. The van der Waals surface area contributed by atoms with Crippen LogP contribution in [-0.4, -0.2) is 30.7 Å². The van der Waals surface area contributed by atoms with Crippen LogP contribution in [-0.2, 0) is 4.79 Å². The molecule has 1 aliphatic rings. The van der Waals surface area contributed by atoms with Gasteiger partial charge in [0.1, 0.15) is 0 Å². The maximum Gasteiger partial charge on any atom is 0.242 e. The SMILES string of the molecule is CCC(=O)N1N=C(c2cccs2)C[C@@H]1c1ccc(N(C)C)cc1. The monoisotopic (exact) mass is 327 g/mol. The van der Waals surface area contributed by atoms with Gasteiger partial charge in [-0.1, -0.05) is 25.1 Å². The topological polar surface area (TPSA) is 35.9 Å². The summed E-state index contributed by atoms with van der Waals surface area (Å²) in [5.74, 6) is 0.0678. The zero-order valence-corrected chi connectivity index (χ0v) is 14.5. The molecule has 3 rings (SSSR count). The highest BCUT2D eigenvalue weighted by Crippen LogP contribution is 2.34. The maximum atomic E-state index is 12.3. The van der Waals surface area contributed by atoms with E-state index in [0.29, 0.717) is 6.42 Å². The summed E-state index contributed by atoms with van der Waals surface area (Å²) in [6, 6.07) is 12.5. The second-order valence-corrected chi connectivity index (χ2v) is 6.77. The molecule has 0 saturated heterocycles. The normalized spacial score (nSPS) is 17.3. The van der Waals surface area contributed by atoms with Gasteiger partial charge in [-0.15, -0.1) is 11.3 Å². The van der Waals surface area contributed by atoms with E-state index in [1.54, 1.807) is 16.3 Å². The van der Waals surface area contributed by atoms with E-state index in [1.165, 1.54) is 0 Å². The molecule has 1 aliphatic heterocycles. The number of rotatable bonds is 4. The van der Waals surface area contributed by atoms with Crippen molar-refractivity contribution >= 4 is 28.6 Å². The number of hydrogen-bond acceptors (Lipinski definition) is 4. The molecule has 0 fully saturated rings. The molecule has 4 nitrogen and oxygen atoms in total. The third-order valence-electron chi connectivity index (χ3n) is 4.07. The molecule has 0 bridgehead atoms. The second-order valence-electron chi connectivity index (χ2n) is 5.82. The van der Waals surface area contributed by atoms with Gasteiger partial charge in [0.2, 0.25) is 5.91 Å².